The van der Waals surface area contributed by atoms with Crippen LogP contribution in [-0.4, -0.2) is 92.1 Å². The molecule has 8 atom stereocenters. The molecule has 2 saturated carbocycles. The summed E-state index contributed by atoms with van der Waals surface area (Å²) in [5.74, 6) is 1.83. The first-order valence-electron chi connectivity index (χ1n) is 19.8. The molecular formula is C42H48Br2N8O6. The molecule has 2 aromatic heterocycles. The molecular weight excluding hydrogens is 872 g/mol. The van der Waals surface area contributed by atoms with Gasteiger partial charge in [-0.1, -0.05) is 76.2 Å². The van der Waals surface area contributed by atoms with E-state index < -0.39 is 24.3 Å². The number of rotatable bonds is 11. The molecule has 4 amide bonds. The number of H-pyrrole nitrogens is 2. The lowest BCUT2D eigenvalue weighted by molar-refractivity contribution is -0.137. The van der Waals surface area contributed by atoms with Gasteiger partial charge in [-0.3, -0.25) is 9.59 Å². The van der Waals surface area contributed by atoms with Crippen molar-refractivity contribution in [3.8, 4) is 33.6 Å². The zero-order valence-corrected chi connectivity index (χ0v) is 36.4. The molecule has 4 heterocycles. The van der Waals surface area contributed by atoms with E-state index in [9.17, 15) is 19.2 Å². The molecule has 14 nitrogen and oxygen atoms in total. The molecule has 0 unspecified atom stereocenters. The number of likely N-dealkylation sites (tertiary alicyclic amines) is 2. The second-order valence-electron chi connectivity index (χ2n) is 16.6. The van der Waals surface area contributed by atoms with Gasteiger partial charge in [-0.15, -0.1) is 0 Å². The van der Waals surface area contributed by atoms with Crippen molar-refractivity contribution >= 4 is 55.9 Å². The van der Waals surface area contributed by atoms with Crippen LogP contribution in [0, 0.1) is 23.7 Å². The van der Waals surface area contributed by atoms with Gasteiger partial charge in [0.15, 0.2) is 0 Å². The Morgan fingerprint density at radius 2 is 0.966 bits per heavy atom. The number of alkyl carbamates (subject to hydrolysis) is 2. The summed E-state index contributed by atoms with van der Waals surface area (Å²) in [5.41, 5.74) is 5.44. The molecule has 0 radical (unpaired) electrons. The lowest BCUT2D eigenvalue weighted by atomic mass is 10.0. The Bertz CT molecular complexity index is 2070. The lowest BCUT2D eigenvalue weighted by Crippen LogP contribution is -2.52. The molecule has 2 aromatic carbocycles. The van der Waals surface area contributed by atoms with E-state index in [0.717, 1.165) is 80.2 Å². The summed E-state index contributed by atoms with van der Waals surface area (Å²) < 4.78 is 11.1. The van der Waals surface area contributed by atoms with Crippen molar-refractivity contribution in [3.05, 3.63) is 69.4 Å². The summed E-state index contributed by atoms with van der Waals surface area (Å²) in [6.45, 7) is 7.66. The van der Waals surface area contributed by atoms with Gasteiger partial charge < -0.3 is 39.9 Å². The summed E-state index contributed by atoms with van der Waals surface area (Å²) in [6, 6.07) is 14.9. The number of ether oxygens (including phenoxy) is 2. The number of halogens is 2. The summed E-state index contributed by atoms with van der Waals surface area (Å²) in [5, 5.41) is 5.47. The van der Waals surface area contributed by atoms with Gasteiger partial charge in [-0.25, -0.2) is 19.6 Å². The predicted molar refractivity (Wildman–Crippen MR) is 223 cm³/mol. The number of nitrogens with one attached hydrogen (secondary N) is 4. The van der Waals surface area contributed by atoms with Crippen LogP contribution in [-0.2, 0) is 19.1 Å². The van der Waals surface area contributed by atoms with E-state index in [4.69, 9.17) is 19.4 Å². The number of hydrogen-bond acceptors (Lipinski definition) is 8. The monoisotopic (exact) mass is 918 g/mol. The summed E-state index contributed by atoms with van der Waals surface area (Å²) >= 11 is 7.39. The minimum Gasteiger partial charge on any atom is -0.453 e. The number of nitrogens with zero attached hydrogens (tertiary/aromatic N) is 4. The molecule has 4 aromatic rings. The second-order valence-corrected chi connectivity index (χ2v) is 18.1. The first-order chi connectivity index (χ1) is 27.8. The number of fused-ring (bicyclic) bond motifs is 2. The van der Waals surface area contributed by atoms with Crippen molar-refractivity contribution in [2.45, 2.75) is 89.6 Å². The smallest absolute Gasteiger partial charge is 0.407 e. The van der Waals surface area contributed by atoms with E-state index in [1.54, 1.807) is 0 Å². The first-order valence-corrected chi connectivity index (χ1v) is 21.4. The van der Waals surface area contributed by atoms with Gasteiger partial charge >= 0.3 is 12.2 Å². The standard InChI is InChI=1S/C42H48Br2N8O6/c1-19(2)31(47-41(55)57-5)39(53)51-27-15-25(27)17-29(51)37-45-33(35(43)49-37)23-11-7-21(8-12-23)22-9-13-24(14-10-22)34-36(44)50-38(46-34)30-18-26-16-28(26)52(30)40(54)32(20(3)4)48-42(56)58-6/h7-14,19-20,25-32H,15-18H2,1-6H3,(H,45,49)(H,46,50)(H,47,55)(H,48,56)/t25-,26+,27-,28+,29-,30-,31+,32-/m0/s1. The van der Waals surface area contributed by atoms with Crippen molar-refractivity contribution in [1.82, 2.24) is 40.4 Å². The van der Waals surface area contributed by atoms with Crippen LogP contribution >= 0.6 is 31.9 Å². The number of carbonyl (C=O) groups is 4. The van der Waals surface area contributed by atoms with Gasteiger partial charge in [0, 0.05) is 23.2 Å². The van der Waals surface area contributed by atoms with Gasteiger partial charge in [-0.2, -0.15) is 0 Å². The highest BCUT2D eigenvalue weighted by Gasteiger charge is 2.57. The molecule has 2 saturated heterocycles. The zero-order chi connectivity index (χ0) is 41.2. The molecule has 0 bridgehead atoms. The SMILES string of the molecule is COC(=O)N[C@H](C(=O)N1[C@@H]2C[C@@H]2C[C@H]1c1nc(-c2ccc(-c3ccc(-c4nc([C@@H]5C[C@@H]6C[C@@H]6N5C(=O)[C@H](NC(=O)OC)C(C)C)[nH]c4Br)cc3)cc2)c(Br)[nH]1)C(C)C. The summed E-state index contributed by atoms with van der Waals surface area (Å²) in [6.07, 6.45) is 2.31. The van der Waals surface area contributed by atoms with E-state index in [1.165, 1.54) is 14.2 Å². The van der Waals surface area contributed by atoms with Gasteiger partial charge in [0.2, 0.25) is 11.8 Å². The van der Waals surface area contributed by atoms with Crippen LogP contribution in [0.3, 0.4) is 0 Å². The van der Waals surface area contributed by atoms with E-state index in [2.05, 4.69) is 76.7 Å². The Balaban J connectivity index is 0.962. The van der Waals surface area contributed by atoms with Crippen molar-refractivity contribution in [2.24, 2.45) is 23.7 Å². The van der Waals surface area contributed by atoms with Crippen LogP contribution in [0.5, 0.6) is 0 Å². The number of benzene rings is 2. The average molecular weight is 921 g/mol. The van der Waals surface area contributed by atoms with E-state index in [-0.39, 0.29) is 47.8 Å². The predicted octanol–water partition coefficient (Wildman–Crippen LogP) is 7.74. The Morgan fingerprint density at radius 1 is 0.621 bits per heavy atom. The molecule has 4 aliphatic rings. The molecule has 2 aliphatic carbocycles. The molecule has 8 rings (SSSR count). The van der Waals surface area contributed by atoms with Crippen LogP contribution in [0.15, 0.2) is 57.7 Å². The van der Waals surface area contributed by atoms with Gasteiger partial charge in [0.1, 0.15) is 44.3 Å². The van der Waals surface area contributed by atoms with Crippen LogP contribution < -0.4 is 10.6 Å². The second kappa shape index (κ2) is 15.8. The molecule has 2 aliphatic heterocycles. The van der Waals surface area contributed by atoms with Gasteiger partial charge in [0.05, 0.1) is 26.3 Å². The third kappa shape index (κ3) is 7.53. The Morgan fingerprint density at radius 3 is 1.29 bits per heavy atom. The number of aromatic nitrogens is 4. The van der Waals surface area contributed by atoms with E-state index >= 15 is 0 Å². The average Bonchev–Trinajstić information content (AvgIpc) is 3.92. The number of aromatic amines is 2. The molecule has 16 heteroatoms. The van der Waals surface area contributed by atoms with Gasteiger partial charge in [-0.05, 0) is 92.3 Å². The Kier molecular flexibility index (Phi) is 10.9. The summed E-state index contributed by atoms with van der Waals surface area (Å²) in [7, 11) is 2.59. The molecule has 4 fully saturated rings. The first kappa shape index (κ1) is 40.1. The van der Waals surface area contributed by atoms with Crippen molar-refractivity contribution in [2.75, 3.05) is 14.2 Å². The minimum atomic E-state index is -0.695. The van der Waals surface area contributed by atoms with Crippen molar-refractivity contribution in [3.63, 3.8) is 0 Å². The summed E-state index contributed by atoms with van der Waals surface area (Å²) in [4.78, 5) is 72.5. The minimum absolute atomic E-state index is 0.112. The number of methoxy groups -OCH3 is 2. The van der Waals surface area contributed by atoms with Crippen LogP contribution in [0.1, 0.15) is 77.1 Å². The number of imidazole rings is 2. The largest absolute Gasteiger partial charge is 0.453 e. The highest BCUT2D eigenvalue weighted by molar-refractivity contribution is 9.10. The normalized spacial score (nSPS) is 24.0. The van der Waals surface area contributed by atoms with Crippen molar-refractivity contribution in [1.29, 1.82) is 0 Å². The maximum atomic E-state index is 13.9. The van der Waals surface area contributed by atoms with Crippen LogP contribution in [0.2, 0.25) is 0 Å². The molecule has 58 heavy (non-hydrogen) atoms. The number of carbonyl (C=O) groups excluding carboxylic acids is 4. The number of amides is 4. The Labute approximate surface area is 353 Å². The number of hydrogen-bond donors (Lipinski definition) is 4. The quantitative estimate of drug-likeness (QED) is 0.118. The fourth-order valence-corrected chi connectivity index (χ4v) is 9.87. The van der Waals surface area contributed by atoms with Gasteiger partial charge in [0.25, 0.3) is 0 Å². The third-order valence-corrected chi connectivity index (χ3v) is 13.3. The van der Waals surface area contributed by atoms with Crippen LogP contribution in [0.25, 0.3) is 33.6 Å². The fraction of sp³-hybridized carbons (Fsp3) is 0.476. The maximum Gasteiger partial charge on any atom is 0.407 e. The zero-order valence-electron chi connectivity index (χ0n) is 33.2. The molecule has 306 valence electrons. The topological polar surface area (TPSA) is 175 Å². The molecule has 0 spiro atoms. The van der Waals surface area contributed by atoms with Crippen molar-refractivity contribution < 1.29 is 28.7 Å². The van der Waals surface area contributed by atoms with Crippen LogP contribution in [0.4, 0.5) is 9.59 Å². The Hall–Kier alpha value is -4.70. The molecule has 4 N–H and O–H groups in total. The van der Waals surface area contributed by atoms with E-state index in [1.807, 2.05) is 61.8 Å². The number of piperidine rings is 2. The fourth-order valence-electron chi connectivity index (χ4n) is 8.83. The van der Waals surface area contributed by atoms with E-state index in [0.29, 0.717) is 11.8 Å². The maximum absolute atomic E-state index is 13.9. The lowest BCUT2D eigenvalue weighted by Gasteiger charge is -2.31. The third-order valence-electron chi connectivity index (χ3n) is 12.1. The highest BCUT2D eigenvalue weighted by atomic mass is 79.9. The highest BCUT2D eigenvalue weighted by Crippen LogP contribution is 2.55.